The van der Waals surface area contributed by atoms with Crippen molar-refractivity contribution in [1.82, 2.24) is 0 Å². The highest BCUT2D eigenvalue weighted by Gasteiger charge is 2.18. The lowest BCUT2D eigenvalue weighted by Gasteiger charge is -2.24. The van der Waals surface area contributed by atoms with Crippen molar-refractivity contribution in [2.24, 2.45) is 0 Å². The Balaban J connectivity index is 2.64. The van der Waals surface area contributed by atoms with Crippen molar-refractivity contribution >= 4 is 0 Å². The molecule has 0 heterocycles. The Labute approximate surface area is 94.0 Å². The fourth-order valence-electron chi connectivity index (χ4n) is 1.76. The Morgan fingerprint density at radius 2 is 1.73 bits per heavy atom. The first-order chi connectivity index (χ1) is 7.02. The highest BCUT2D eigenvalue weighted by Crippen LogP contribution is 2.28. The first kappa shape index (κ1) is 12.0. The predicted octanol–water partition coefficient (Wildman–Crippen LogP) is 4.71. The summed E-state index contributed by atoms with van der Waals surface area (Å²) in [6, 6.07) is 10.8. The van der Waals surface area contributed by atoms with Gasteiger partial charge in [0.15, 0.2) is 0 Å². The van der Waals surface area contributed by atoms with E-state index < -0.39 is 0 Å². The van der Waals surface area contributed by atoms with E-state index in [-0.39, 0.29) is 5.41 Å². The van der Waals surface area contributed by atoms with Crippen molar-refractivity contribution in [2.75, 3.05) is 0 Å². The third-order valence-corrected chi connectivity index (χ3v) is 2.88. The van der Waals surface area contributed by atoms with Crippen LogP contribution in [-0.4, -0.2) is 0 Å². The van der Waals surface area contributed by atoms with E-state index in [1.54, 1.807) is 0 Å². The van der Waals surface area contributed by atoms with Gasteiger partial charge in [0.25, 0.3) is 0 Å². The molecule has 0 amide bonds. The quantitative estimate of drug-likeness (QED) is 0.620. The SMILES string of the molecule is CC(C)=CCCC(C)(C)c1ccccc1. The van der Waals surface area contributed by atoms with Gasteiger partial charge in [-0.2, -0.15) is 0 Å². The van der Waals surface area contributed by atoms with Crippen LogP contribution in [0.3, 0.4) is 0 Å². The van der Waals surface area contributed by atoms with Gasteiger partial charge < -0.3 is 0 Å². The summed E-state index contributed by atoms with van der Waals surface area (Å²) in [7, 11) is 0. The minimum Gasteiger partial charge on any atom is -0.0859 e. The Morgan fingerprint density at radius 1 is 1.13 bits per heavy atom. The molecule has 0 radical (unpaired) electrons. The van der Waals surface area contributed by atoms with E-state index in [1.807, 2.05) is 0 Å². The Morgan fingerprint density at radius 3 is 2.27 bits per heavy atom. The second-order valence-electron chi connectivity index (χ2n) is 5.07. The van der Waals surface area contributed by atoms with Crippen molar-refractivity contribution in [2.45, 2.75) is 46.0 Å². The van der Waals surface area contributed by atoms with Gasteiger partial charge in [-0.3, -0.25) is 0 Å². The molecule has 1 aromatic carbocycles. The summed E-state index contributed by atoms with van der Waals surface area (Å²) < 4.78 is 0. The molecule has 1 aromatic rings. The molecule has 15 heavy (non-hydrogen) atoms. The van der Waals surface area contributed by atoms with Crippen molar-refractivity contribution in [3.8, 4) is 0 Å². The average Bonchev–Trinajstić information content (AvgIpc) is 2.18. The van der Waals surface area contributed by atoms with Crippen LogP contribution in [0.5, 0.6) is 0 Å². The molecule has 0 spiro atoms. The maximum atomic E-state index is 2.32. The van der Waals surface area contributed by atoms with Crippen molar-refractivity contribution in [3.05, 3.63) is 47.5 Å². The van der Waals surface area contributed by atoms with Crippen LogP contribution in [0.25, 0.3) is 0 Å². The molecule has 0 saturated carbocycles. The monoisotopic (exact) mass is 202 g/mol. The molecule has 0 nitrogen and oxygen atoms in total. The summed E-state index contributed by atoms with van der Waals surface area (Å²) in [4.78, 5) is 0. The van der Waals surface area contributed by atoms with Crippen LogP contribution in [0.4, 0.5) is 0 Å². The summed E-state index contributed by atoms with van der Waals surface area (Å²) in [5, 5.41) is 0. The van der Waals surface area contributed by atoms with E-state index in [0.29, 0.717) is 0 Å². The lowest BCUT2D eigenvalue weighted by Crippen LogP contribution is -2.16. The molecule has 0 aromatic heterocycles. The van der Waals surface area contributed by atoms with Gasteiger partial charge in [0, 0.05) is 0 Å². The lowest BCUT2D eigenvalue weighted by atomic mass is 9.80. The predicted molar refractivity (Wildman–Crippen MR) is 68.1 cm³/mol. The Kier molecular flexibility index (Phi) is 4.14. The van der Waals surface area contributed by atoms with Crippen LogP contribution >= 0.6 is 0 Å². The minimum atomic E-state index is 0.285. The van der Waals surface area contributed by atoms with Crippen LogP contribution in [0, 0.1) is 0 Å². The van der Waals surface area contributed by atoms with Crippen LogP contribution < -0.4 is 0 Å². The Bertz CT molecular complexity index is 313. The summed E-state index contributed by atoms with van der Waals surface area (Å²) in [6.07, 6.45) is 4.71. The summed E-state index contributed by atoms with van der Waals surface area (Å²) in [5.41, 5.74) is 3.14. The maximum absolute atomic E-state index is 2.32. The third-order valence-electron chi connectivity index (χ3n) is 2.88. The molecule has 0 aliphatic heterocycles. The summed E-state index contributed by atoms with van der Waals surface area (Å²) in [6.45, 7) is 8.97. The van der Waals surface area contributed by atoms with Gasteiger partial charge in [-0.1, -0.05) is 55.8 Å². The number of allylic oxidation sites excluding steroid dienone is 2. The molecule has 1 rings (SSSR count). The first-order valence-electron chi connectivity index (χ1n) is 5.71. The number of rotatable bonds is 4. The normalized spacial score (nSPS) is 11.2. The van der Waals surface area contributed by atoms with E-state index in [4.69, 9.17) is 0 Å². The zero-order chi connectivity index (χ0) is 11.3. The smallest absolute Gasteiger partial charge is 0.0101 e. The van der Waals surface area contributed by atoms with Crippen LogP contribution in [-0.2, 0) is 5.41 Å². The molecule has 0 heteroatoms. The van der Waals surface area contributed by atoms with Gasteiger partial charge in [-0.25, -0.2) is 0 Å². The van der Waals surface area contributed by atoms with E-state index >= 15 is 0 Å². The first-order valence-corrected chi connectivity index (χ1v) is 5.71. The molecule has 0 saturated heterocycles. The molecule has 0 aliphatic carbocycles. The minimum absolute atomic E-state index is 0.285. The van der Waals surface area contributed by atoms with Gasteiger partial charge in [-0.15, -0.1) is 0 Å². The third kappa shape index (κ3) is 3.91. The largest absolute Gasteiger partial charge is 0.0859 e. The summed E-state index contributed by atoms with van der Waals surface area (Å²) >= 11 is 0. The number of hydrogen-bond donors (Lipinski definition) is 0. The van der Waals surface area contributed by atoms with Gasteiger partial charge in [-0.05, 0) is 37.7 Å². The second kappa shape index (κ2) is 5.16. The highest BCUT2D eigenvalue weighted by atomic mass is 14.2. The molecule has 82 valence electrons. The van der Waals surface area contributed by atoms with Crippen LogP contribution in [0.2, 0.25) is 0 Å². The molecular formula is C15H22. The average molecular weight is 202 g/mol. The van der Waals surface area contributed by atoms with Crippen LogP contribution in [0.1, 0.15) is 46.1 Å². The van der Waals surface area contributed by atoms with E-state index in [9.17, 15) is 0 Å². The highest BCUT2D eigenvalue weighted by molar-refractivity contribution is 5.23. The molecule has 0 bridgehead atoms. The van der Waals surface area contributed by atoms with Gasteiger partial charge in [0.05, 0.1) is 0 Å². The summed E-state index contributed by atoms with van der Waals surface area (Å²) in [5.74, 6) is 0. The molecule has 0 fully saturated rings. The van der Waals surface area contributed by atoms with Crippen molar-refractivity contribution in [3.63, 3.8) is 0 Å². The topological polar surface area (TPSA) is 0 Å². The number of hydrogen-bond acceptors (Lipinski definition) is 0. The molecule has 0 N–H and O–H groups in total. The van der Waals surface area contributed by atoms with Crippen LogP contribution in [0.15, 0.2) is 42.0 Å². The van der Waals surface area contributed by atoms with E-state index in [0.717, 1.165) is 0 Å². The molecular weight excluding hydrogens is 180 g/mol. The maximum Gasteiger partial charge on any atom is -0.0101 e. The molecule has 0 atom stereocenters. The van der Waals surface area contributed by atoms with E-state index in [1.165, 1.54) is 24.0 Å². The molecule has 0 unspecified atom stereocenters. The fraction of sp³-hybridized carbons (Fsp3) is 0.467. The van der Waals surface area contributed by atoms with Crippen molar-refractivity contribution in [1.29, 1.82) is 0 Å². The van der Waals surface area contributed by atoms with Gasteiger partial charge in [0.2, 0.25) is 0 Å². The fourth-order valence-corrected chi connectivity index (χ4v) is 1.76. The number of benzene rings is 1. The van der Waals surface area contributed by atoms with Crippen molar-refractivity contribution < 1.29 is 0 Å². The Hall–Kier alpha value is -1.04. The zero-order valence-corrected chi connectivity index (χ0v) is 10.4. The molecule has 0 aliphatic rings. The van der Waals surface area contributed by atoms with E-state index in [2.05, 4.69) is 64.1 Å². The van der Waals surface area contributed by atoms with Gasteiger partial charge in [0.1, 0.15) is 0 Å². The van der Waals surface area contributed by atoms with Gasteiger partial charge >= 0.3 is 0 Å². The zero-order valence-electron chi connectivity index (χ0n) is 10.4. The second-order valence-corrected chi connectivity index (χ2v) is 5.07. The lowest BCUT2D eigenvalue weighted by molar-refractivity contribution is 0.484. The standard InChI is InChI=1S/C15H22/c1-13(2)9-8-12-15(3,4)14-10-6-5-7-11-14/h5-7,9-11H,8,12H2,1-4H3.